The van der Waals surface area contributed by atoms with E-state index in [-0.39, 0.29) is 11.9 Å². The highest BCUT2D eigenvalue weighted by atomic mass is 16.3. The Balaban J connectivity index is 1.33. The fraction of sp³-hybridized carbons (Fsp3) is 0.529. The van der Waals surface area contributed by atoms with Gasteiger partial charge in [0.1, 0.15) is 11.3 Å². The van der Waals surface area contributed by atoms with E-state index in [1.54, 1.807) is 12.3 Å². The van der Waals surface area contributed by atoms with E-state index >= 15 is 0 Å². The third kappa shape index (κ3) is 2.47. The van der Waals surface area contributed by atoms with Gasteiger partial charge in [0.15, 0.2) is 5.88 Å². The molecule has 0 unspecified atom stereocenters. The van der Waals surface area contributed by atoms with Crippen molar-refractivity contribution < 1.29 is 9.21 Å². The number of hydrogen-bond acceptors (Lipinski definition) is 5. The Hall–Kier alpha value is -2.08. The van der Waals surface area contributed by atoms with E-state index in [2.05, 4.69) is 20.9 Å². The van der Waals surface area contributed by atoms with Crippen LogP contribution in [0.5, 0.6) is 0 Å². The molecule has 3 aliphatic rings. The van der Waals surface area contributed by atoms with Gasteiger partial charge in [-0.3, -0.25) is 9.78 Å². The van der Waals surface area contributed by atoms with E-state index in [1.807, 2.05) is 6.07 Å². The Morgan fingerprint density at radius 1 is 1.26 bits per heavy atom. The highest BCUT2D eigenvalue weighted by Gasteiger charge is 2.39. The van der Waals surface area contributed by atoms with Gasteiger partial charge in [-0.1, -0.05) is 0 Å². The molecule has 0 radical (unpaired) electrons. The van der Waals surface area contributed by atoms with Gasteiger partial charge in [0.25, 0.3) is 5.91 Å². The van der Waals surface area contributed by atoms with Crippen LogP contribution in [0.4, 0.5) is 5.88 Å². The SMILES string of the molecule is O=C(N[C@@H]1C[C@H]2CC[C@@H]1N2)c1cc2oc(NC3CC3)cc2cn1. The predicted molar refractivity (Wildman–Crippen MR) is 86.5 cm³/mol. The highest BCUT2D eigenvalue weighted by Crippen LogP contribution is 2.30. The molecule has 6 heteroatoms. The zero-order chi connectivity index (χ0) is 15.4. The number of hydrogen-bond donors (Lipinski definition) is 3. The molecule has 3 atom stereocenters. The Morgan fingerprint density at radius 2 is 2.17 bits per heavy atom. The summed E-state index contributed by atoms with van der Waals surface area (Å²) in [7, 11) is 0. The van der Waals surface area contributed by atoms with Crippen LogP contribution in [0.15, 0.2) is 22.7 Å². The molecule has 3 N–H and O–H groups in total. The van der Waals surface area contributed by atoms with Crippen molar-refractivity contribution in [2.45, 2.75) is 56.3 Å². The van der Waals surface area contributed by atoms with Crippen molar-refractivity contribution >= 4 is 22.8 Å². The van der Waals surface area contributed by atoms with Gasteiger partial charge in [0.05, 0.1) is 0 Å². The first kappa shape index (κ1) is 13.4. The number of carbonyl (C=O) groups is 1. The van der Waals surface area contributed by atoms with Crippen LogP contribution in [0.3, 0.4) is 0 Å². The first-order valence-electron chi connectivity index (χ1n) is 8.48. The fourth-order valence-corrected chi connectivity index (χ4v) is 3.78. The van der Waals surface area contributed by atoms with Gasteiger partial charge >= 0.3 is 0 Å². The lowest BCUT2D eigenvalue weighted by atomic mass is 9.95. The van der Waals surface area contributed by atoms with E-state index < -0.39 is 0 Å². The van der Waals surface area contributed by atoms with Gasteiger partial charge in [0, 0.05) is 47.9 Å². The minimum Gasteiger partial charge on any atom is -0.441 e. The Kier molecular flexibility index (Phi) is 2.88. The molecular formula is C17H20N4O2. The van der Waals surface area contributed by atoms with E-state index in [1.165, 1.54) is 19.3 Å². The molecule has 2 aromatic heterocycles. The first-order chi connectivity index (χ1) is 11.2. The molecule has 1 amide bonds. The molecule has 2 aromatic rings. The quantitative estimate of drug-likeness (QED) is 0.805. The van der Waals surface area contributed by atoms with Crippen LogP contribution in [0.1, 0.15) is 42.6 Å². The Morgan fingerprint density at radius 3 is 2.91 bits per heavy atom. The van der Waals surface area contributed by atoms with Gasteiger partial charge in [-0.05, 0) is 32.1 Å². The lowest BCUT2D eigenvalue weighted by Crippen LogP contribution is -2.43. The van der Waals surface area contributed by atoms with Gasteiger partial charge < -0.3 is 20.4 Å². The van der Waals surface area contributed by atoms with Crippen LogP contribution >= 0.6 is 0 Å². The maximum Gasteiger partial charge on any atom is 0.270 e. The summed E-state index contributed by atoms with van der Waals surface area (Å²) in [5.74, 6) is 0.651. The summed E-state index contributed by atoms with van der Waals surface area (Å²) < 4.78 is 5.79. The molecule has 1 saturated carbocycles. The van der Waals surface area contributed by atoms with Crippen molar-refractivity contribution in [1.82, 2.24) is 15.6 Å². The van der Waals surface area contributed by atoms with Crippen molar-refractivity contribution in [3.8, 4) is 0 Å². The topological polar surface area (TPSA) is 79.2 Å². The zero-order valence-corrected chi connectivity index (χ0v) is 12.8. The van der Waals surface area contributed by atoms with E-state index in [4.69, 9.17) is 4.42 Å². The predicted octanol–water partition coefficient (Wildman–Crippen LogP) is 2.02. The number of furan rings is 1. The summed E-state index contributed by atoms with van der Waals surface area (Å²) in [6.45, 7) is 0. The monoisotopic (exact) mass is 312 g/mol. The summed E-state index contributed by atoms with van der Waals surface area (Å²) in [6.07, 6.45) is 7.50. The van der Waals surface area contributed by atoms with Crippen molar-refractivity contribution in [3.05, 3.63) is 24.0 Å². The summed E-state index contributed by atoms with van der Waals surface area (Å²) in [4.78, 5) is 16.8. The molecule has 2 saturated heterocycles. The molecule has 4 heterocycles. The van der Waals surface area contributed by atoms with Gasteiger partial charge in [0.2, 0.25) is 0 Å². The molecule has 0 spiro atoms. The normalized spacial score (nSPS) is 29.1. The Bertz CT molecular complexity index is 767. The summed E-state index contributed by atoms with van der Waals surface area (Å²) >= 11 is 0. The summed E-state index contributed by atoms with van der Waals surface area (Å²) in [5, 5.41) is 10.9. The number of aromatic nitrogens is 1. The second-order valence-electron chi connectivity index (χ2n) is 7.00. The van der Waals surface area contributed by atoms with Crippen LogP contribution in [0.25, 0.3) is 11.0 Å². The second kappa shape index (κ2) is 4.96. The molecule has 3 fully saturated rings. The van der Waals surface area contributed by atoms with E-state index in [0.29, 0.717) is 29.4 Å². The summed E-state index contributed by atoms with van der Waals surface area (Å²) in [5.41, 5.74) is 1.13. The van der Waals surface area contributed by atoms with Gasteiger partial charge in [-0.25, -0.2) is 0 Å². The Labute approximate surface area is 134 Å². The molecule has 1 aliphatic carbocycles. The molecule has 5 rings (SSSR count). The van der Waals surface area contributed by atoms with E-state index in [0.717, 1.165) is 24.1 Å². The molecule has 2 aliphatic heterocycles. The maximum absolute atomic E-state index is 12.5. The van der Waals surface area contributed by atoms with Crippen molar-refractivity contribution in [2.24, 2.45) is 0 Å². The van der Waals surface area contributed by atoms with Crippen LogP contribution in [-0.2, 0) is 0 Å². The third-order valence-electron chi connectivity index (χ3n) is 5.17. The lowest BCUT2D eigenvalue weighted by molar-refractivity contribution is 0.0926. The minimum atomic E-state index is -0.112. The second-order valence-corrected chi connectivity index (χ2v) is 7.00. The number of pyridine rings is 1. The highest BCUT2D eigenvalue weighted by molar-refractivity contribution is 5.95. The molecule has 6 nitrogen and oxygen atoms in total. The van der Waals surface area contributed by atoms with Crippen molar-refractivity contribution in [1.29, 1.82) is 0 Å². The third-order valence-corrected chi connectivity index (χ3v) is 5.17. The number of carbonyl (C=O) groups excluding carboxylic acids is 1. The van der Waals surface area contributed by atoms with Crippen molar-refractivity contribution in [2.75, 3.05) is 5.32 Å². The standard InChI is InChI=1S/C17H20N4O2/c22-17(21-13-6-11-3-4-12(13)19-11)14-7-15-9(8-18-14)5-16(23-15)20-10-1-2-10/h5,7-8,10-13,19-20H,1-4,6H2,(H,21,22)/t11-,12+,13-/m1/s1. The van der Waals surface area contributed by atoms with Crippen LogP contribution in [0.2, 0.25) is 0 Å². The lowest BCUT2D eigenvalue weighted by Gasteiger charge is -2.21. The molecule has 2 bridgehead atoms. The van der Waals surface area contributed by atoms with Crippen LogP contribution < -0.4 is 16.0 Å². The van der Waals surface area contributed by atoms with Crippen molar-refractivity contribution in [3.63, 3.8) is 0 Å². The fourth-order valence-electron chi connectivity index (χ4n) is 3.78. The largest absolute Gasteiger partial charge is 0.441 e. The first-order valence-corrected chi connectivity index (χ1v) is 8.48. The van der Waals surface area contributed by atoms with Crippen LogP contribution in [0, 0.1) is 0 Å². The average Bonchev–Trinajstić information content (AvgIpc) is 2.97. The number of rotatable bonds is 4. The number of nitrogens with zero attached hydrogens (tertiary/aromatic N) is 1. The minimum absolute atomic E-state index is 0.112. The zero-order valence-electron chi connectivity index (χ0n) is 12.8. The van der Waals surface area contributed by atoms with E-state index in [9.17, 15) is 4.79 Å². The smallest absolute Gasteiger partial charge is 0.270 e. The maximum atomic E-state index is 12.5. The summed E-state index contributed by atoms with van der Waals surface area (Å²) in [6, 6.07) is 5.44. The molecule has 0 aromatic carbocycles. The van der Waals surface area contributed by atoms with Gasteiger partial charge in [-0.15, -0.1) is 0 Å². The van der Waals surface area contributed by atoms with Crippen LogP contribution in [-0.4, -0.2) is 35.1 Å². The number of fused-ring (bicyclic) bond motifs is 3. The molecule has 23 heavy (non-hydrogen) atoms. The van der Waals surface area contributed by atoms with Gasteiger partial charge in [-0.2, -0.15) is 0 Å². The number of nitrogens with one attached hydrogen (secondary N) is 3. The number of anilines is 1. The molecular weight excluding hydrogens is 292 g/mol. The average molecular weight is 312 g/mol. The number of amides is 1. The molecule has 120 valence electrons.